The second kappa shape index (κ2) is 4.25. The molecule has 15 heavy (non-hydrogen) atoms. The van der Waals surface area contributed by atoms with Crippen LogP contribution < -0.4 is 4.90 Å². The molecule has 0 saturated heterocycles. The molecule has 82 valence electrons. The smallest absolute Gasteiger partial charge is 0.339 e. The van der Waals surface area contributed by atoms with E-state index in [1.165, 1.54) is 6.20 Å². The highest BCUT2D eigenvalue weighted by Crippen LogP contribution is 2.18. The average Bonchev–Trinajstić information content (AvgIpc) is 2.16. The van der Waals surface area contributed by atoms with Gasteiger partial charge in [0.15, 0.2) is 0 Å². The Morgan fingerprint density at radius 2 is 2.07 bits per heavy atom. The van der Waals surface area contributed by atoms with E-state index in [1.54, 1.807) is 4.90 Å². The maximum absolute atomic E-state index is 10.9. The van der Waals surface area contributed by atoms with Crippen molar-refractivity contribution in [2.24, 2.45) is 0 Å². The molecule has 0 amide bonds. The minimum absolute atomic E-state index is 0.0674. The number of hydrogen-bond acceptors (Lipinski definition) is 4. The predicted molar refractivity (Wildman–Crippen MR) is 57.4 cm³/mol. The van der Waals surface area contributed by atoms with Gasteiger partial charge in [-0.2, -0.15) is 0 Å². The Kier molecular flexibility index (Phi) is 3.24. The molecule has 0 aromatic carbocycles. The molecule has 1 N–H and O–H groups in total. The fourth-order valence-electron chi connectivity index (χ4n) is 1.21. The van der Waals surface area contributed by atoms with Crippen molar-refractivity contribution in [1.29, 1.82) is 0 Å². The normalized spacial score (nSPS) is 10.5. The predicted octanol–water partition coefficient (Wildman–Crippen LogP) is 1.36. The summed E-state index contributed by atoms with van der Waals surface area (Å²) in [6.45, 7) is 3.82. The third kappa shape index (κ3) is 2.43. The SMILES string of the molecule is CC(C)c1nc(N(C)C)ncc1C(=O)O. The zero-order valence-corrected chi connectivity index (χ0v) is 9.35. The molecule has 0 radical (unpaired) electrons. The van der Waals surface area contributed by atoms with Crippen molar-refractivity contribution < 1.29 is 9.90 Å². The highest BCUT2D eigenvalue weighted by Gasteiger charge is 2.16. The quantitative estimate of drug-likeness (QED) is 0.814. The summed E-state index contributed by atoms with van der Waals surface area (Å²) >= 11 is 0. The Morgan fingerprint density at radius 3 is 2.47 bits per heavy atom. The van der Waals surface area contributed by atoms with Gasteiger partial charge in [0.1, 0.15) is 0 Å². The van der Waals surface area contributed by atoms with E-state index in [0.29, 0.717) is 11.6 Å². The fraction of sp³-hybridized carbons (Fsp3) is 0.500. The van der Waals surface area contributed by atoms with Crippen LogP contribution in [0.3, 0.4) is 0 Å². The van der Waals surface area contributed by atoms with E-state index >= 15 is 0 Å². The van der Waals surface area contributed by atoms with E-state index < -0.39 is 5.97 Å². The third-order valence-corrected chi connectivity index (χ3v) is 1.98. The highest BCUT2D eigenvalue weighted by molar-refractivity contribution is 5.88. The number of aromatic carboxylic acids is 1. The van der Waals surface area contributed by atoms with Crippen LogP contribution in [0.15, 0.2) is 6.20 Å². The van der Waals surface area contributed by atoms with Crippen molar-refractivity contribution in [2.75, 3.05) is 19.0 Å². The molecule has 0 unspecified atom stereocenters. The molecule has 0 spiro atoms. The largest absolute Gasteiger partial charge is 0.478 e. The summed E-state index contributed by atoms with van der Waals surface area (Å²) in [5.41, 5.74) is 0.747. The second-order valence-corrected chi connectivity index (χ2v) is 3.82. The first-order valence-electron chi connectivity index (χ1n) is 4.71. The molecule has 5 nitrogen and oxygen atoms in total. The molecule has 0 aliphatic heterocycles. The van der Waals surface area contributed by atoms with Gasteiger partial charge < -0.3 is 10.0 Å². The molecule has 0 bridgehead atoms. The van der Waals surface area contributed by atoms with Crippen LogP contribution in [0.1, 0.15) is 35.8 Å². The summed E-state index contributed by atoms with van der Waals surface area (Å²) in [7, 11) is 3.64. The molecule has 1 aromatic heterocycles. The Hall–Kier alpha value is -1.65. The molecule has 0 atom stereocenters. The second-order valence-electron chi connectivity index (χ2n) is 3.82. The first kappa shape index (κ1) is 11.4. The first-order valence-corrected chi connectivity index (χ1v) is 4.71. The molecule has 5 heteroatoms. The number of hydrogen-bond donors (Lipinski definition) is 1. The molecule has 1 aromatic rings. The van der Waals surface area contributed by atoms with Gasteiger partial charge >= 0.3 is 5.97 Å². The molecule has 1 rings (SSSR count). The molecule has 0 saturated carbocycles. The summed E-state index contributed by atoms with van der Waals surface area (Å²) in [4.78, 5) is 20.9. The van der Waals surface area contributed by atoms with E-state index in [0.717, 1.165) is 0 Å². The molecule has 0 aliphatic carbocycles. The van der Waals surface area contributed by atoms with Crippen LogP contribution >= 0.6 is 0 Å². The molecule has 0 fully saturated rings. The topological polar surface area (TPSA) is 66.3 Å². The van der Waals surface area contributed by atoms with E-state index in [9.17, 15) is 4.79 Å². The fourth-order valence-corrected chi connectivity index (χ4v) is 1.21. The molecule has 0 aliphatic rings. The zero-order valence-electron chi connectivity index (χ0n) is 9.35. The van der Waals surface area contributed by atoms with E-state index in [1.807, 2.05) is 27.9 Å². The van der Waals surface area contributed by atoms with E-state index in [2.05, 4.69) is 9.97 Å². The van der Waals surface area contributed by atoms with Crippen LogP contribution in [-0.2, 0) is 0 Å². The average molecular weight is 209 g/mol. The Labute approximate surface area is 88.8 Å². The Balaban J connectivity index is 3.27. The number of anilines is 1. The maximum atomic E-state index is 10.9. The van der Waals surface area contributed by atoms with Gasteiger partial charge in [-0.05, 0) is 5.92 Å². The third-order valence-electron chi connectivity index (χ3n) is 1.98. The summed E-state index contributed by atoms with van der Waals surface area (Å²) in [6, 6.07) is 0. The van der Waals surface area contributed by atoms with Crippen LogP contribution in [0.5, 0.6) is 0 Å². The lowest BCUT2D eigenvalue weighted by Crippen LogP contribution is -2.16. The summed E-state index contributed by atoms with van der Waals surface area (Å²) in [6.07, 6.45) is 1.36. The lowest BCUT2D eigenvalue weighted by atomic mass is 10.1. The van der Waals surface area contributed by atoms with Crippen molar-refractivity contribution in [3.63, 3.8) is 0 Å². The Bertz CT molecular complexity index is 375. The van der Waals surface area contributed by atoms with Gasteiger partial charge in [-0.3, -0.25) is 0 Å². The van der Waals surface area contributed by atoms with E-state index in [4.69, 9.17) is 5.11 Å². The van der Waals surface area contributed by atoms with Crippen LogP contribution in [0.2, 0.25) is 0 Å². The summed E-state index contributed by atoms with van der Waals surface area (Å²) < 4.78 is 0. The minimum atomic E-state index is -0.982. The number of aromatic nitrogens is 2. The molecule has 1 heterocycles. The van der Waals surface area contributed by atoms with Crippen molar-refractivity contribution in [3.05, 3.63) is 17.5 Å². The monoisotopic (exact) mass is 209 g/mol. The van der Waals surface area contributed by atoms with Crippen LogP contribution in [0.25, 0.3) is 0 Å². The van der Waals surface area contributed by atoms with Crippen molar-refractivity contribution in [2.45, 2.75) is 19.8 Å². The number of nitrogens with zero attached hydrogens (tertiary/aromatic N) is 3. The standard InChI is InChI=1S/C10H15N3O2/c1-6(2)8-7(9(14)15)5-11-10(12-8)13(3)4/h5-6H,1-4H3,(H,14,15). The number of rotatable bonds is 3. The molecular formula is C10H15N3O2. The van der Waals surface area contributed by atoms with Crippen molar-refractivity contribution in [3.8, 4) is 0 Å². The highest BCUT2D eigenvalue weighted by atomic mass is 16.4. The van der Waals surface area contributed by atoms with Crippen molar-refractivity contribution in [1.82, 2.24) is 9.97 Å². The van der Waals surface area contributed by atoms with E-state index in [-0.39, 0.29) is 11.5 Å². The zero-order chi connectivity index (χ0) is 11.6. The lowest BCUT2D eigenvalue weighted by molar-refractivity contribution is 0.0694. The lowest BCUT2D eigenvalue weighted by Gasteiger charge is -2.14. The minimum Gasteiger partial charge on any atom is -0.478 e. The van der Waals surface area contributed by atoms with Crippen molar-refractivity contribution >= 4 is 11.9 Å². The maximum Gasteiger partial charge on any atom is 0.339 e. The van der Waals surface area contributed by atoms with Gasteiger partial charge in [0, 0.05) is 20.3 Å². The number of carbonyl (C=O) groups is 1. The van der Waals surface area contributed by atoms with Crippen LogP contribution in [-0.4, -0.2) is 35.1 Å². The number of carboxylic acid groups (broad SMARTS) is 1. The van der Waals surface area contributed by atoms with Gasteiger partial charge in [-0.15, -0.1) is 0 Å². The van der Waals surface area contributed by atoms with Crippen LogP contribution in [0.4, 0.5) is 5.95 Å². The first-order chi connectivity index (χ1) is 6.93. The van der Waals surface area contributed by atoms with Gasteiger partial charge in [0.25, 0.3) is 0 Å². The summed E-state index contributed by atoms with van der Waals surface area (Å²) in [5, 5.41) is 8.95. The van der Waals surface area contributed by atoms with Crippen LogP contribution in [0, 0.1) is 0 Å². The molecular weight excluding hydrogens is 194 g/mol. The van der Waals surface area contributed by atoms with Gasteiger partial charge in [0.2, 0.25) is 5.95 Å². The van der Waals surface area contributed by atoms with Gasteiger partial charge in [-0.1, -0.05) is 13.8 Å². The Morgan fingerprint density at radius 1 is 1.47 bits per heavy atom. The van der Waals surface area contributed by atoms with Gasteiger partial charge in [0.05, 0.1) is 11.3 Å². The summed E-state index contributed by atoms with van der Waals surface area (Å²) in [5.74, 6) is -0.384. The van der Waals surface area contributed by atoms with Gasteiger partial charge in [-0.25, -0.2) is 14.8 Å². The number of carboxylic acids is 1.